The van der Waals surface area contributed by atoms with Crippen molar-refractivity contribution in [2.45, 2.75) is 13.8 Å². The number of nitrogen functional groups attached to an aromatic ring is 1. The van der Waals surface area contributed by atoms with Crippen LogP contribution in [0, 0.1) is 26.2 Å². The van der Waals surface area contributed by atoms with E-state index in [1.165, 1.54) is 0 Å². The number of nitrogens with one attached hydrogen (secondary N) is 1. The summed E-state index contributed by atoms with van der Waals surface area (Å²) in [4.78, 5) is 14.4. The average Bonchev–Trinajstić information content (AvgIpc) is 2.57. The summed E-state index contributed by atoms with van der Waals surface area (Å²) in [6, 6.07) is 7.18. The van der Waals surface area contributed by atoms with Crippen LogP contribution in [0.5, 0.6) is 11.5 Å². The minimum absolute atomic E-state index is 0.0403. The number of nitriles is 2. The average molecular weight is 450 g/mol. The van der Waals surface area contributed by atoms with Crippen molar-refractivity contribution >= 4 is 28.4 Å². The van der Waals surface area contributed by atoms with Crippen LogP contribution in [0.3, 0.4) is 0 Å². The molecular formula is C17H15IN4O3. The third-order valence-electron chi connectivity index (χ3n) is 3.35. The number of hydrogen-bond donors (Lipinski definition) is 2. The van der Waals surface area contributed by atoms with Gasteiger partial charge in [-0.25, -0.2) is 0 Å². The molecule has 0 radical (unpaired) electrons. The summed E-state index contributed by atoms with van der Waals surface area (Å²) in [5.74, 6) is 0.963. The first kappa shape index (κ1) is 18.6. The molecule has 1 aromatic heterocycles. The second-order valence-electron chi connectivity index (χ2n) is 4.87. The van der Waals surface area contributed by atoms with E-state index in [0.717, 1.165) is 3.57 Å². The van der Waals surface area contributed by atoms with Crippen molar-refractivity contribution < 1.29 is 9.47 Å². The molecule has 0 spiro atoms. The lowest BCUT2D eigenvalue weighted by Gasteiger charge is -2.16. The number of halogens is 1. The number of hydrogen-bond acceptors (Lipinski definition) is 6. The molecule has 2 rings (SSSR count). The van der Waals surface area contributed by atoms with Crippen LogP contribution >= 0.6 is 22.6 Å². The van der Waals surface area contributed by atoms with Crippen LogP contribution in [0.4, 0.5) is 5.82 Å². The van der Waals surface area contributed by atoms with E-state index < -0.39 is 5.56 Å². The lowest BCUT2D eigenvalue weighted by Crippen LogP contribution is -2.16. The van der Waals surface area contributed by atoms with E-state index in [0.29, 0.717) is 30.3 Å². The molecule has 2 aromatic rings. The van der Waals surface area contributed by atoms with Crippen LogP contribution in [0.25, 0.3) is 11.1 Å². The van der Waals surface area contributed by atoms with Gasteiger partial charge < -0.3 is 20.2 Å². The zero-order valence-electron chi connectivity index (χ0n) is 13.6. The molecule has 0 fully saturated rings. The SMILES string of the molecule is CCOc1cc(-c2c(C#N)c(N)[nH]c(=O)c2C#N)cc(I)c1OCC. The van der Waals surface area contributed by atoms with Crippen LogP contribution < -0.4 is 20.8 Å². The van der Waals surface area contributed by atoms with E-state index in [-0.39, 0.29) is 22.5 Å². The van der Waals surface area contributed by atoms with Crippen molar-refractivity contribution in [1.82, 2.24) is 4.98 Å². The Bertz CT molecular complexity index is 954. The van der Waals surface area contributed by atoms with E-state index in [4.69, 9.17) is 15.2 Å². The Kier molecular flexibility index (Phi) is 5.88. The highest BCUT2D eigenvalue weighted by Gasteiger charge is 2.21. The molecule has 1 aromatic carbocycles. The lowest BCUT2D eigenvalue weighted by molar-refractivity contribution is 0.286. The highest BCUT2D eigenvalue weighted by atomic mass is 127. The molecule has 0 aliphatic rings. The van der Waals surface area contributed by atoms with E-state index in [9.17, 15) is 15.3 Å². The highest BCUT2D eigenvalue weighted by molar-refractivity contribution is 14.1. The molecule has 0 amide bonds. The first-order valence-electron chi connectivity index (χ1n) is 7.43. The monoisotopic (exact) mass is 450 g/mol. The minimum Gasteiger partial charge on any atom is -0.490 e. The maximum absolute atomic E-state index is 12.1. The van der Waals surface area contributed by atoms with Gasteiger partial charge in [-0.2, -0.15) is 10.5 Å². The topological polar surface area (TPSA) is 125 Å². The fourth-order valence-corrected chi connectivity index (χ4v) is 3.15. The molecule has 25 heavy (non-hydrogen) atoms. The molecular weight excluding hydrogens is 435 g/mol. The molecule has 128 valence electrons. The Morgan fingerprint density at radius 1 is 1.16 bits per heavy atom. The number of H-pyrrole nitrogens is 1. The number of rotatable bonds is 5. The van der Waals surface area contributed by atoms with Crippen molar-refractivity contribution in [2.24, 2.45) is 0 Å². The molecule has 3 N–H and O–H groups in total. The second kappa shape index (κ2) is 7.90. The molecule has 0 aliphatic heterocycles. The summed E-state index contributed by atoms with van der Waals surface area (Å²) in [5, 5.41) is 18.8. The maximum Gasteiger partial charge on any atom is 0.268 e. The number of aromatic amines is 1. The van der Waals surface area contributed by atoms with Gasteiger partial charge >= 0.3 is 0 Å². The van der Waals surface area contributed by atoms with Crippen LogP contribution in [-0.2, 0) is 0 Å². The van der Waals surface area contributed by atoms with Gasteiger partial charge in [0, 0.05) is 5.56 Å². The molecule has 1 heterocycles. The largest absolute Gasteiger partial charge is 0.490 e. The van der Waals surface area contributed by atoms with E-state index in [1.807, 2.05) is 26.0 Å². The standard InChI is InChI=1S/C17H15IN4O3/c1-3-24-13-6-9(5-12(18)15(13)25-4-2)14-10(7-19)16(21)22-17(23)11(14)8-20/h5-6H,3-4H2,1-2H3,(H3,21,22,23). The molecule has 0 unspecified atom stereocenters. The number of ether oxygens (including phenoxy) is 2. The van der Waals surface area contributed by atoms with Gasteiger partial charge in [0.05, 0.1) is 16.8 Å². The van der Waals surface area contributed by atoms with Gasteiger partial charge in [-0.3, -0.25) is 4.79 Å². The van der Waals surface area contributed by atoms with Gasteiger partial charge in [0.15, 0.2) is 11.5 Å². The Morgan fingerprint density at radius 2 is 1.80 bits per heavy atom. The van der Waals surface area contributed by atoms with Crippen LogP contribution in [0.2, 0.25) is 0 Å². The molecule has 0 bridgehead atoms. The first-order chi connectivity index (χ1) is 12.0. The van der Waals surface area contributed by atoms with Gasteiger partial charge in [0.25, 0.3) is 5.56 Å². The smallest absolute Gasteiger partial charge is 0.268 e. The van der Waals surface area contributed by atoms with Crippen molar-refractivity contribution in [3.05, 3.63) is 37.2 Å². The number of nitrogens with two attached hydrogens (primary N) is 1. The van der Waals surface area contributed by atoms with Crippen LogP contribution in [-0.4, -0.2) is 18.2 Å². The number of anilines is 1. The first-order valence-corrected chi connectivity index (χ1v) is 8.51. The fraction of sp³-hybridized carbons (Fsp3) is 0.235. The number of pyridine rings is 1. The number of nitrogens with zero attached hydrogens (tertiary/aromatic N) is 2. The summed E-state index contributed by atoms with van der Waals surface area (Å²) in [5.41, 5.74) is 5.66. The summed E-state index contributed by atoms with van der Waals surface area (Å²) in [6.45, 7) is 4.56. The normalized spacial score (nSPS) is 9.96. The summed E-state index contributed by atoms with van der Waals surface area (Å²) < 4.78 is 12.0. The van der Waals surface area contributed by atoms with E-state index in [1.54, 1.807) is 12.1 Å². The Hall–Kier alpha value is -2.72. The van der Waals surface area contributed by atoms with Crippen LogP contribution in [0.15, 0.2) is 16.9 Å². The van der Waals surface area contributed by atoms with Crippen LogP contribution in [0.1, 0.15) is 25.0 Å². The molecule has 7 nitrogen and oxygen atoms in total. The second-order valence-corrected chi connectivity index (χ2v) is 6.03. The Morgan fingerprint density at radius 3 is 2.36 bits per heavy atom. The van der Waals surface area contributed by atoms with Crippen molar-refractivity contribution in [1.29, 1.82) is 10.5 Å². The maximum atomic E-state index is 12.1. The third-order valence-corrected chi connectivity index (χ3v) is 4.16. The summed E-state index contributed by atoms with van der Waals surface area (Å²) >= 11 is 2.08. The molecule has 0 aliphatic carbocycles. The predicted octanol–water partition coefficient (Wildman–Crippen LogP) is 2.77. The third kappa shape index (κ3) is 3.54. The zero-order chi connectivity index (χ0) is 18.6. The van der Waals surface area contributed by atoms with E-state index >= 15 is 0 Å². The summed E-state index contributed by atoms with van der Waals surface area (Å²) in [7, 11) is 0. The molecule has 0 atom stereocenters. The number of aromatic nitrogens is 1. The van der Waals surface area contributed by atoms with Gasteiger partial charge in [-0.1, -0.05) is 0 Å². The molecule has 8 heteroatoms. The van der Waals surface area contributed by atoms with Crippen molar-refractivity contribution in [3.63, 3.8) is 0 Å². The van der Waals surface area contributed by atoms with Crippen molar-refractivity contribution in [2.75, 3.05) is 18.9 Å². The Balaban J connectivity index is 2.86. The van der Waals surface area contributed by atoms with Crippen molar-refractivity contribution in [3.8, 4) is 34.8 Å². The van der Waals surface area contributed by atoms with E-state index in [2.05, 4.69) is 27.6 Å². The fourth-order valence-electron chi connectivity index (χ4n) is 2.39. The quantitative estimate of drug-likeness (QED) is 0.675. The zero-order valence-corrected chi connectivity index (χ0v) is 15.8. The van der Waals surface area contributed by atoms with Gasteiger partial charge in [-0.05, 0) is 54.1 Å². The molecule has 0 saturated carbocycles. The summed E-state index contributed by atoms with van der Waals surface area (Å²) in [6.07, 6.45) is 0. The lowest BCUT2D eigenvalue weighted by atomic mass is 9.96. The van der Waals surface area contributed by atoms with Gasteiger partial charge in [0.1, 0.15) is 29.1 Å². The highest BCUT2D eigenvalue weighted by Crippen LogP contribution is 2.39. The minimum atomic E-state index is -0.643. The van der Waals surface area contributed by atoms with Gasteiger partial charge in [0.2, 0.25) is 0 Å². The van der Waals surface area contributed by atoms with Gasteiger partial charge in [-0.15, -0.1) is 0 Å². The molecule has 0 saturated heterocycles. The Labute approximate surface area is 158 Å². The predicted molar refractivity (Wildman–Crippen MR) is 101 cm³/mol. The number of benzene rings is 1.